The molecule has 1 saturated carbocycles. The van der Waals surface area contributed by atoms with Crippen molar-refractivity contribution >= 4 is 69.4 Å². The number of hydrogen-bond donors (Lipinski definition) is 3. The Morgan fingerprint density at radius 3 is 2.59 bits per heavy atom. The number of ketones is 1. The molecule has 1 aliphatic carbocycles. The van der Waals surface area contributed by atoms with E-state index in [-0.39, 0.29) is 64.1 Å². The normalized spacial score (nSPS) is 17.3. The number of carbonyl (C=O) groups is 3. The molecule has 2 aromatic heterocycles. The van der Waals surface area contributed by atoms with E-state index in [4.69, 9.17) is 43.0 Å². The third-order valence-corrected chi connectivity index (χ3v) is 12.2. The zero-order valence-electron chi connectivity index (χ0n) is 31.8. The standard InChI is InChI=1S/C18H17FN4O2S.C14H12ClNO4S.C5H12NO4P/c1-4-5-22-13-7-12(11(19)6-14(13)25-9-16(22)24)20-17-23-10-18(2,3)8-15(23)21-26-17;1-21(18,19)12-6-9(15)4-5-10(12)13(17)11-7-16-20-14(11)8-2-3-8;1-11(9,10)3-2-4(6)5(7)8/h1,6-7H,5,8-10H2,2-3H3;4-8H,2-3H2,1H3;4H,2-3,6H2,1H3,(H,7,8)(H,9,10). The maximum atomic E-state index is 14.5. The minimum atomic E-state index is -3.57. The van der Waals surface area contributed by atoms with Gasteiger partial charge in [-0.15, -0.1) is 6.42 Å². The molecular weight excluding hydrogens is 838 g/mol. The second-order valence-corrected chi connectivity index (χ2v) is 20.5. The van der Waals surface area contributed by atoms with Gasteiger partial charge in [0, 0.05) is 66.2 Å². The van der Waals surface area contributed by atoms with Gasteiger partial charge in [0.25, 0.3) is 5.91 Å². The molecule has 4 heterocycles. The van der Waals surface area contributed by atoms with E-state index in [1.165, 1.54) is 59.6 Å². The van der Waals surface area contributed by atoms with Gasteiger partial charge in [0.2, 0.25) is 4.80 Å². The second-order valence-electron chi connectivity index (χ2n) is 14.8. The molecule has 0 saturated heterocycles. The Hall–Kier alpha value is -4.70. The first kappa shape index (κ1) is 44.4. The lowest BCUT2D eigenvalue weighted by Gasteiger charge is -2.28. The molecule has 16 nitrogen and oxygen atoms in total. The number of rotatable bonds is 10. The third kappa shape index (κ3) is 11.1. The van der Waals surface area contributed by atoms with Crippen LogP contribution in [0.1, 0.15) is 66.5 Å². The number of carboxylic acid groups (broad SMARTS) is 1. The number of fused-ring (bicyclic) bond motifs is 2. The highest BCUT2D eigenvalue weighted by Crippen LogP contribution is 2.42. The van der Waals surface area contributed by atoms with Crippen LogP contribution in [0, 0.1) is 23.6 Å². The van der Waals surface area contributed by atoms with E-state index in [0.717, 1.165) is 37.9 Å². The van der Waals surface area contributed by atoms with Gasteiger partial charge in [0.05, 0.1) is 28.9 Å². The van der Waals surface area contributed by atoms with Crippen molar-refractivity contribution in [2.75, 3.05) is 37.1 Å². The number of halogens is 2. The van der Waals surface area contributed by atoms with Gasteiger partial charge in [0.1, 0.15) is 23.3 Å². The highest BCUT2D eigenvalue weighted by atomic mass is 35.5. The Morgan fingerprint density at radius 1 is 1.26 bits per heavy atom. The molecule has 3 aliphatic rings. The summed E-state index contributed by atoms with van der Waals surface area (Å²) in [6, 6.07) is 5.93. The summed E-state index contributed by atoms with van der Waals surface area (Å²) in [5, 5.41) is 12.2. The molecule has 4 aromatic rings. The van der Waals surface area contributed by atoms with Crippen molar-refractivity contribution in [3.8, 4) is 18.1 Å². The van der Waals surface area contributed by atoms with Gasteiger partial charge in [-0.25, -0.2) is 17.8 Å². The highest BCUT2D eigenvalue weighted by Gasteiger charge is 2.34. The maximum Gasteiger partial charge on any atom is 0.320 e. The van der Waals surface area contributed by atoms with Gasteiger partial charge >= 0.3 is 5.97 Å². The number of hydrogen-bond acceptors (Lipinski definition) is 13. The fourth-order valence-electron chi connectivity index (χ4n) is 5.94. The number of amides is 1. The van der Waals surface area contributed by atoms with Crippen molar-refractivity contribution in [1.82, 2.24) is 14.1 Å². The molecule has 0 radical (unpaired) electrons. The minimum Gasteiger partial charge on any atom is -0.481 e. The van der Waals surface area contributed by atoms with Crippen LogP contribution in [0.5, 0.6) is 5.75 Å². The van der Waals surface area contributed by atoms with Crippen molar-refractivity contribution in [1.29, 1.82) is 0 Å². The lowest BCUT2D eigenvalue weighted by molar-refractivity contribution is -0.138. The summed E-state index contributed by atoms with van der Waals surface area (Å²) in [5.74, 6) is 2.12. The molecule has 2 aromatic carbocycles. The van der Waals surface area contributed by atoms with E-state index in [9.17, 15) is 31.8 Å². The average Bonchev–Trinajstić information content (AvgIpc) is 3.62. The van der Waals surface area contributed by atoms with E-state index >= 15 is 0 Å². The van der Waals surface area contributed by atoms with E-state index in [1.807, 2.05) is 4.57 Å². The third-order valence-electron chi connectivity index (χ3n) is 8.99. The Kier molecular flexibility index (Phi) is 13.5. The van der Waals surface area contributed by atoms with Crippen LogP contribution >= 0.6 is 30.5 Å². The monoisotopic (exact) mass is 878 g/mol. The molecule has 1 fully saturated rings. The van der Waals surface area contributed by atoms with Gasteiger partial charge in [-0.2, -0.15) is 4.37 Å². The number of benzene rings is 2. The van der Waals surface area contributed by atoms with Crippen LogP contribution in [0.25, 0.3) is 0 Å². The predicted molar refractivity (Wildman–Crippen MR) is 213 cm³/mol. The lowest BCUT2D eigenvalue weighted by atomic mass is 9.92. The molecule has 2 aliphatic heterocycles. The van der Waals surface area contributed by atoms with Crippen molar-refractivity contribution in [2.45, 2.75) is 62.9 Å². The summed E-state index contributed by atoms with van der Waals surface area (Å²) in [7, 11) is -6.67. The van der Waals surface area contributed by atoms with E-state index in [1.54, 1.807) is 0 Å². The molecule has 1 amide bonds. The molecule has 2 unspecified atom stereocenters. The molecule has 21 heteroatoms. The van der Waals surface area contributed by atoms with Crippen LogP contribution in [0.2, 0.25) is 5.02 Å². The molecule has 4 N–H and O–H groups in total. The minimum absolute atomic E-state index is 0.0412. The van der Waals surface area contributed by atoms with Crippen LogP contribution in [0.15, 0.2) is 50.9 Å². The summed E-state index contributed by atoms with van der Waals surface area (Å²) in [6.45, 7) is 6.24. The Bertz CT molecular complexity index is 2520. The van der Waals surface area contributed by atoms with Gasteiger partial charge in [-0.05, 0) is 48.9 Å². The fraction of sp³-hybridized carbons (Fsp3) is 0.405. The summed E-state index contributed by atoms with van der Waals surface area (Å²) in [4.78, 5) is 50.0. The first-order valence-electron chi connectivity index (χ1n) is 17.7. The van der Waals surface area contributed by atoms with Crippen molar-refractivity contribution in [2.24, 2.45) is 16.1 Å². The van der Waals surface area contributed by atoms with Crippen molar-refractivity contribution in [3.63, 3.8) is 0 Å². The summed E-state index contributed by atoms with van der Waals surface area (Å²) in [5.41, 5.74) is 6.18. The van der Waals surface area contributed by atoms with Gasteiger partial charge in [-0.3, -0.25) is 23.8 Å². The largest absolute Gasteiger partial charge is 0.481 e. The number of anilines is 1. The van der Waals surface area contributed by atoms with E-state index in [0.29, 0.717) is 27.6 Å². The SMILES string of the molecule is C#CCN1C(=O)COc2cc(F)c(N=c3snc4n3CC(C)(C)C4)cc21.CP(=O)(O)CCC(N)C(=O)O.CS(=O)(=O)c1cc(Cl)ccc1C(=O)c1cnoc1C1CC1. The Balaban J connectivity index is 0.000000180. The smallest absolute Gasteiger partial charge is 0.320 e. The number of nitrogens with zero attached hydrogens (tertiary/aromatic N) is 5. The number of sulfone groups is 1. The topological polar surface area (TPSA) is 238 Å². The van der Waals surface area contributed by atoms with Crippen LogP contribution in [0.3, 0.4) is 0 Å². The number of aromatic nitrogens is 3. The number of carboxylic acids is 1. The van der Waals surface area contributed by atoms with Crippen molar-refractivity contribution < 1.29 is 51.0 Å². The maximum absolute atomic E-state index is 14.5. The summed E-state index contributed by atoms with van der Waals surface area (Å²) in [6.07, 6.45) is 10.5. The highest BCUT2D eigenvalue weighted by molar-refractivity contribution is 7.90. The van der Waals surface area contributed by atoms with Crippen LogP contribution in [0.4, 0.5) is 15.8 Å². The molecule has 0 bridgehead atoms. The van der Waals surface area contributed by atoms with E-state index in [2.05, 4.69) is 34.3 Å². The van der Waals surface area contributed by atoms with E-state index < -0.39 is 40.8 Å². The number of nitrogens with two attached hydrogens (primary N) is 1. The fourth-order valence-corrected chi connectivity index (χ4v) is 8.60. The number of carbonyl (C=O) groups excluding carboxylic acids is 2. The number of aliphatic carboxylic acids is 1. The zero-order valence-corrected chi connectivity index (χ0v) is 35.1. The van der Waals surface area contributed by atoms with Gasteiger partial charge in [0.15, 0.2) is 41.2 Å². The molecule has 7 rings (SSSR count). The van der Waals surface area contributed by atoms with Crippen molar-refractivity contribution in [3.05, 3.63) is 74.9 Å². The van der Waals surface area contributed by atoms with Crippen LogP contribution < -0.4 is 20.2 Å². The lowest BCUT2D eigenvalue weighted by Crippen LogP contribution is -2.39. The first-order valence-corrected chi connectivity index (χ1v) is 23.0. The zero-order chi connectivity index (χ0) is 42.7. The Morgan fingerprint density at radius 2 is 1.97 bits per heavy atom. The van der Waals surface area contributed by atoms with Gasteiger partial charge < -0.3 is 29.6 Å². The predicted octanol–water partition coefficient (Wildman–Crippen LogP) is 4.79. The number of ether oxygens (including phenoxy) is 1. The van der Waals surface area contributed by atoms with Gasteiger partial charge in [-0.1, -0.05) is 36.5 Å². The first-order chi connectivity index (χ1) is 27.1. The summed E-state index contributed by atoms with van der Waals surface area (Å²) >= 11 is 7.08. The summed E-state index contributed by atoms with van der Waals surface area (Å²) < 4.78 is 65.8. The van der Waals surface area contributed by atoms with Crippen LogP contribution in [-0.2, 0) is 37.0 Å². The quantitative estimate of drug-likeness (QED) is 0.111. The molecule has 0 spiro atoms. The van der Waals surface area contributed by atoms with Crippen LogP contribution in [-0.4, -0.2) is 88.5 Å². The molecular formula is C37H41ClFN6O10PS2. The molecule has 2 atom stereocenters. The Labute approximate surface area is 342 Å². The molecule has 58 heavy (non-hydrogen) atoms. The molecule has 310 valence electrons. The second kappa shape index (κ2) is 17.7. The average molecular weight is 879 g/mol. The number of terminal acetylenes is 1.